The molecule has 0 aliphatic carbocycles. The second kappa shape index (κ2) is 10.5. The van der Waals surface area contributed by atoms with Gasteiger partial charge in [0.15, 0.2) is 0 Å². The van der Waals surface area contributed by atoms with E-state index in [9.17, 15) is 14.4 Å². The van der Waals surface area contributed by atoms with Crippen LogP contribution in [0.25, 0.3) is 0 Å². The van der Waals surface area contributed by atoms with Gasteiger partial charge in [0.05, 0.1) is 7.11 Å². The first-order valence-electron chi connectivity index (χ1n) is 11.0. The van der Waals surface area contributed by atoms with Crippen molar-refractivity contribution in [3.63, 3.8) is 0 Å². The lowest BCUT2D eigenvalue weighted by atomic mass is 9.86. The Morgan fingerprint density at radius 2 is 1.83 bits per heavy atom. The van der Waals surface area contributed by atoms with Crippen LogP contribution in [-0.4, -0.2) is 37.5 Å². The van der Waals surface area contributed by atoms with Crippen LogP contribution in [0.5, 0.6) is 5.75 Å². The number of methoxy groups -OCH3 is 1. The van der Waals surface area contributed by atoms with Crippen LogP contribution >= 0.6 is 11.6 Å². The molecule has 35 heavy (non-hydrogen) atoms. The van der Waals surface area contributed by atoms with Crippen molar-refractivity contribution in [2.75, 3.05) is 23.9 Å². The number of carbonyl (C=O) groups is 3. The lowest BCUT2D eigenvalue weighted by Gasteiger charge is -2.25. The van der Waals surface area contributed by atoms with E-state index in [-0.39, 0.29) is 18.9 Å². The summed E-state index contributed by atoms with van der Waals surface area (Å²) >= 11 is 6.09. The van der Waals surface area contributed by atoms with E-state index < -0.39 is 23.9 Å². The van der Waals surface area contributed by atoms with E-state index in [2.05, 4.69) is 10.6 Å². The highest BCUT2D eigenvalue weighted by atomic mass is 35.5. The number of urea groups is 1. The molecule has 2 atom stereocenters. The van der Waals surface area contributed by atoms with Crippen LogP contribution in [0.3, 0.4) is 0 Å². The number of amides is 4. The maximum Gasteiger partial charge on any atom is 0.319 e. The van der Waals surface area contributed by atoms with Gasteiger partial charge in [-0.1, -0.05) is 48.0 Å². The number of nitrogens with two attached hydrogens (primary N) is 1. The molecule has 2 unspecified atom stereocenters. The summed E-state index contributed by atoms with van der Waals surface area (Å²) in [6.45, 7) is -0.307. The maximum atomic E-state index is 13.6. The molecule has 4 rings (SSSR count). The van der Waals surface area contributed by atoms with Gasteiger partial charge in [-0.05, 0) is 47.9 Å². The molecule has 1 aliphatic rings. The molecule has 3 aromatic rings. The fourth-order valence-electron chi connectivity index (χ4n) is 4.27. The monoisotopic (exact) mass is 492 g/mol. The van der Waals surface area contributed by atoms with Crippen LogP contribution < -0.4 is 26.0 Å². The molecule has 4 N–H and O–H groups in total. The van der Waals surface area contributed by atoms with Crippen LogP contribution in [-0.2, 0) is 9.59 Å². The van der Waals surface area contributed by atoms with Crippen LogP contribution in [0.4, 0.5) is 16.2 Å². The molecular formula is C26H25ClN4O4. The molecule has 0 saturated carbocycles. The first-order chi connectivity index (χ1) is 16.9. The number of hydrogen-bond donors (Lipinski definition) is 3. The number of primary amides is 1. The highest BCUT2D eigenvalue weighted by Gasteiger charge is 2.37. The van der Waals surface area contributed by atoms with Crippen molar-refractivity contribution < 1.29 is 19.1 Å². The third-order valence-electron chi connectivity index (χ3n) is 5.86. The molecule has 8 nitrogen and oxygen atoms in total. The number of hydrogen-bond acceptors (Lipinski definition) is 4. The van der Waals surface area contributed by atoms with Gasteiger partial charge in [-0.25, -0.2) is 4.79 Å². The Morgan fingerprint density at radius 3 is 2.54 bits per heavy atom. The number of ether oxygens (including phenoxy) is 1. The summed E-state index contributed by atoms with van der Waals surface area (Å²) in [7, 11) is 1.53. The average Bonchev–Trinajstić information content (AvgIpc) is 2.95. The molecule has 0 fully saturated rings. The number of halogens is 1. The quantitative estimate of drug-likeness (QED) is 0.484. The molecule has 0 aromatic heterocycles. The summed E-state index contributed by atoms with van der Waals surface area (Å²) < 4.78 is 5.19. The molecule has 1 heterocycles. The van der Waals surface area contributed by atoms with Crippen molar-refractivity contribution in [2.24, 2.45) is 5.73 Å². The van der Waals surface area contributed by atoms with Crippen molar-refractivity contribution in [3.8, 4) is 5.75 Å². The predicted octanol–water partition coefficient (Wildman–Crippen LogP) is 3.89. The summed E-state index contributed by atoms with van der Waals surface area (Å²) in [6, 6.07) is 20.1. The molecule has 0 radical (unpaired) electrons. The van der Waals surface area contributed by atoms with Crippen molar-refractivity contribution in [3.05, 3.63) is 88.9 Å². The van der Waals surface area contributed by atoms with E-state index in [1.807, 2.05) is 24.3 Å². The predicted molar refractivity (Wildman–Crippen MR) is 135 cm³/mol. The zero-order valence-corrected chi connectivity index (χ0v) is 19.8. The van der Waals surface area contributed by atoms with Gasteiger partial charge in [0.1, 0.15) is 18.3 Å². The van der Waals surface area contributed by atoms with Crippen LogP contribution in [0, 0.1) is 0 Å². The van der Waals surface area contributed by atoms with E-state index in [4.69, 9.17) is 22.1 Å². The Bertz CT molecular complexity index is 1250. The zero-order chi connectivity index (χ0) is 24.9. The Morgan fingerprint density at radius 1 is 1.09 bits per heavy atom. The molecule has 9 heteroatoms. The minimum absolute atomic E-state index is 0.243. The Hall–Kier alpha value is -4.04. The largest absolute Gasteiger partial charge is 0.497 e. The lowest BCUT2D eigenvalue weighted by molar-refractivity contribution is -0.123. The number of fused-ring (bicyclic) bond motifs is 1. The van der Waals surface area contributed by atoms with Crippen molar-refractivity contribution in [2.45, 2.75) is 18.4 Å². The minimum atomic E-state index is -0.923. The van der Waals surface area contributed by atoms with Gasteiger partial charge in [-0.2, -0.15) is 0 Å². The van der Waals surface area contributed by atoms with Gasteiger partial charge in [-0.3, -0.25) is 9.59 Å². The number of carbonyl (C=O) groups excluding carboxylic acids is 3. The van der Waals surface area contributed by atoms with Gasteiger partial charge in [-0.15, -0.1) is 0 Å². The first kappa shape index (κ1) is 24.1. The normalized spacial score (nSPS) is 17.2. The molecule has 0 spiro atoms. The topological polar surface area (TPSA) is 114 Å². The molecule has 0 bridgehead atoms. The number of benzene rings is 3. The summed E-state index contributed by atoms with van der Waals surface area (Å²) in [4.78, 5) is 39.7. The van der Waals surface area contributed by atoms with Crippen molar-refractivity contribution >= 4 is 40.8 Å². The molecule has 3 aromatic carbocycles. The standard InChI is InChI=1S/C26H25ClN4O4/c1-35-19-6-4-5-18(13-19)29-26(34)30-22-14-21(16-9-11-17(27)12-10-16)20-7-2-3-8-23(20)31(25(22)33)15-24(28)32/h2-13,21-22H,14-15H2,1H3,(H2,28,32)(H2,29,30,34). The second-order valence-electron chi connectivity index (χ2n) is 8.17. The van der Waals surface area contributed by atoms with Gasteiger partial charge < -0.3 is 26.0 Å². The average molecular weight is 493 g/mol. The second-order valence-corrected chi connectivity index (χ2v) is 8.61. The maximum absolute atomic E-state index is 13.6. The van der Waals surface area contributed by atoms with Gasteiger partial charge in [0.2, 0.25) is 11.8 Å². The van der Waals surface area contributed by atoms with E-state index in [0.717, 1.165) is 11.1 Å². The van der Waals surface area contributed by atoms with Crippen molar-refractivity contribution in [1.82, 2.24) is 5.32 Å². The number of nitrogens with one attached hydrogen (secondary N) is 2. The lowest BCUT2D eigenvalue weighted by Crippen LogP contribution is -2.51. The summed E-state index contributed by atoms with van der Waals surface area (Å²) in [5, 5.41) is 6.11. The molecule has 180 valence electrons. The molecule has 1 aliphatic heterocycles. The number of para-hydroxylation sites is 1. The van der Waals surface area contributed by atoms with Gasteiger partial charge in [0.25, 0.3) is 0 Å². The van der Waals surface area contributed by atoms with Crippen LogP contribution in [0.1, 0.15) is 23.5 Å². The smallest absolute Gasteiger partial charge is 0.319 e. The summed E-state index contributed by atoms with van der Waals surface area (Å²) in [5.41, 5.74) is 8.34. The fourth-order valence-corrected chi connectivity index (χ4v) is 4.40. The SMILES string of the molecule is COc1cccc(NC(=O)NC2CC(c3ccc(Cl)cc3)c3ccccc3N(CC(N)=O)C2=O)c1. The van der Waals surface area contributed by atoms with E-state index in [1.54, 1.807) is 48.5 Å². The fraction of sp³-hybridized carbons (Fsp3) is 0.192. The summed E-state index contributed by atoms with van der Waals surface area (Å²) in [5.74, 6) is -0.738. The molecule has 0 saturated heterocycles. The molecule has 4 amide bonds. The number of nitrogens with zero attached hydrogens (tertiary/aromatic N) is 1. The third kappa shape index (κ3) is 5.55. The van der Waals surface area contributed by atoms with Gasteiger partial charge >= 0.3 is 6.03 Å². The summed E-state index contributed by atoms with van der Waals surface area (Å²) in [6.07, 6.45) is 0.276. The Balaban J connectivity index is 1.68. The molecular weight excluding hydrogens is 468 g/mol. The zero-order valence-electron chi connectivity index (χ0n) is 19.0. The van der Waals surface area contributed by atoms with Crippen molar-refractivity contribution in [1.29, 1.82) is 0 Å². The minimum Gasteiger partial charge on any atom is -0.497 e. The van der Waals surface area contributed by atoms with E-state index in [0.29, 0.717) is 22.1 Å². The van der Waals surface area contributed by atoms with E-state index in [1.165, 1.54) is 12.0 Å². The Kier molecular flexibility index (Phi) is 7.22. The Labute approximate surface area is 208 Å². The van der Waals surface area contributed by atoms with Gasteiger partial charge in [0, 0.05) is 28.4 Å². The first-order valence-corrected chi connectivity index (χ1v) is 11.4. The van der Waals surface area contributed by atoms with Crippen LogP contribution in [0.2, 0.25) is 5.02 Å². The highest BCUT2D eigenvalue weighted by molar-refractivity contribution is 6.30. The van der Waals surface area contributed by atoms with E-state index >= 15 is 0 Å². The number of rotatable bonds is 6. The highest BCUT2D eigenvalue weighted by Crippen LogP contribution is 2.39. The van der Waals surface area contributed by atoms with Crippen LogP contribution in [0.15, 0.2) is 72.8 Å². The third-order valence-corrected chi connectivity index (χ3v) is 6.11. The number of anilines is 2.